The van der Waals surface area contributed by atoms with E-state index in [4.69, 9.17) is 10.5 Å². The Hall–Kier alpha value is -0.860. The van der Waals surface area contributed by atoms with Gasteiger partial charge in [0.05, 0.1) is 12.2 Å². The molecule has 2 heteroatoms. The van der Waals surface area contributed by atoms with Crippen LogP contribution in [0.2, 0.25) is 0 Å². The van der Waals surface area contributed by atoms with E-state index in [-0.39, 0.29) is 18.2 Å². The maximum absolute atomic E-state index is 6.16. The highest BCUT2D eigenvalue weighted by molar-refractivity contribution is 5.28. The van der Waals surface area contributed by atoms with Gasteiger partial charge in [-0.1, -0.05) is 38.1 Å². The molecular formula is C16H27NO. The van der Waals surface area contributed by atoms with Crippen LogP contribution in [0.3, 0.4) is 0 Å². The highest BCUT2D eigenvalue weighted by atomic mass is 16.5. The normalized spacial score (nSPS) is 16.6. The van der Waals surface area contributed by atoms with Crippen molar-refractivity contribution in [1.29, 1.82) is 0 Å². The van der Waals surface area contributed by atoms with E-state index < -0.39 is 0 Å². The molecule has 3 unspecified atom stereocenters. The average Bonchev–Trinajstić information content (AvgIpc) is 2.25. The molecule has 2 nitrogen and oxygen atoms in total. The summed E-state index contributed by atoms with van der Waals surface area (Å²) in [6.07, 6.45) is 1.29. The summed E-state index contributed by atoms with van der Waals surface area (Å²) in [6.45, 7) is 10.7. The third kappa shape index (κ3) is 4.43. The summed E-state index contributed by atoms with van der Waals surface area (Å²) in [6, 6.07) is 8.33. The Kier molecular flexibility index (Phi) is 5.83. The van der Waals surface area contributed by atoms with Crippen LogP contribution in [0, 0.1) is 12.8 Å². The van der Waals surface area contributed by atoms with Crippen LogP contribution in [-0.2, 0) is 4.74 Å². The first kappa shape index (κ1) is 15.2. The zero-order valence-corrected chi connectivity index (χ0v) is 12.3. The van der Waals surface area contributed by atoms with Crippen molar-refractivity contribution in [1.82, 2.24) is 0 Å². The van der Waals surface area contributed by atoms with Crippen molar-refractivity contribution in [3.05, 3.63) is 35.4 Å². The fourth-order valence-electron chi connectivity index (χ4n) is 2.36. The Balaban J connectivity index is 2.81. The van der Waals surface area contributed by atoms with Gasteiger partial charge < -0.3 is 10.5 Å². The summed E-state index contributed by atoms with van der Waals surface area (Å²) < 4.78 is 6.16. The minimum absolute atomic E-state index is 0.000659. The number of ether oxygens (including phenoxy) is 1. The molecule has 0 fully saturated rings. The first-order valence-electron chi connectivity index (χ1n) is 6.88. The first-order valence-corrected chi connectivity index (χ1v) is 6.88. The Labute approximate surface area is 112 Å². The van der Waals surface area contributed by atoms with Gasteiger partial charge >= 0.3 is 0 Å². The Morgan fingerprint density at radius 2 is 1.72 bits per heavy atom. The van der Waals surface area contributed by atoms with Crippen molar-refractivity contribution >= 4 is 0 Å². The number of hydrogen-bond donors (Lipinski definition) is 1. The Bertz CT molecular complexity index is 360. The zero-order valence-electron chi connectivity index (χ0n) is 12.3. The van der Waals surface area contributed by atoms with Gasteiger partial charge in [-0.15, -0.1) is 0 Å². The highest BCUT2D eigenvalue weighted by Crippen LogP contribution is 2.26. The molecule has 0 aliphatic carbocycles. The molecule has 0 aromatic heterocycles. The number of benzene rings is 1. The van der Waals surface area contributed by atoms with Crippen molar-refractivity contribution in [3.8, 4) is 0 Å². The largest absolute Gasteiger partial charge is 0.369 e. The van der Waals surface area contributed by atoms with Gasteiger partial charge in [0.1, 0.15) is 0 Å². The molecule has 1 aromatic rings. The molecule has 0 aliphatic rings. The van der Waals surface area contributed by atoms with Crippen LogP contribution >= 0.6 is 0 Å². The summed E-state index contributed by atoms with van der Waals surface area (Å²) in [5.41, 5.74) is 8.55. The van der Waals surface area contributed by atoms with E-state index in [1.165, 1.54) is 11.1 Å². The van der Waals surface area contributed by atoms with Gasteiger partial charge in [0, 0.05) is 6.04 Å². The van der Waals surface area contributed by atoms with E-state index in [2.05, 4.69) is 45.9 Å². The third-order valence-electron chi connectivity index (χ3n) is 3.15. The average molecular weight is 249 g/mol. The van der Waals surface area contributed by atoms with E-state index in [1.807, 2.05) is 13.0 Å². The van der Waals surface area contributed by atoms with Gasteiger partial charge in [0.25, 0.3) is 0 Å². The summed E-state index contributed by atoms with van der Waals surface area (Å²) in [7, 11) is 0. The number of nitrogens with two attached hydrogens (primary N) is 1. The maximum Gasteiger partial charge on any atom is 0.0979 e. The van der Waals surface area contributed by atoms with Crippen molar-refractivity contribution in [3.63, 3.8) is 0 Å². The van der Waals surface area contributed by atoms with E-state index in [1.54, 1.807) is 0 Å². The number of aryl methyl sites for hydroxylation is 1. The second-order valence-electron chi connectivity index (χ2n) is 5.71. The predicted octanol–water partition coefficient (Wildman–Crippen LogP) is 3.83. The minimum Gasteiger partial charge on any atom is -0.369 e. The smallest absolute Gasteiger partial charge is 0.0979 e. The van der Waals surface area contributed by atoms with Crippen LogP contribution in [0.4, 0.5) is 0 Å². The Morgan fingerprint density at radius 3 is 2.22 bits per heavy atom. The molecule has 1 aromatic carbocycles. The Morgan fingerprint density at radius 1 is 1.11 bits per heavy atom. The lowest BCUT2D eigenvalue weighted by Crippen LogP contribution is -2.30. The van der Waals surface area contributed by atoms with Crippen LogP contribution in [0.15, 0.2) is 24.3 Å². The number of rotatable bonds is 6. The fourth-order valence-corrected chi connectivity index (χ4v) is 2.36. The van der Waals surface area contributed by atoms with E-state index in [0.717, 1.165) is 6.42 Å². The van der Waals surface area contributed by atoms with E-state index >= 15 is 0 Å². The molecule has 102 valence electrons. The van der Waals surface area contributed by atoms with Crippen molar-refractivity contribution in [2.45, 2.75) is 59.3 Å². The molecule has 0 bridgehead atoms. The lowest BCUT2D eigenvalue weighted by molar-refractivity contribution is -0.0239. The molecule has 0 saturated heterocycles. The fraction of sp³-hybridized carbons (Fsp3) is 0.625. The molecule has 2 N–H and O–H groups in total. The van der Waals surface area contributed by atoms with Gasteiger partial charge in [0.15, 0.2) is 0 Å². The van der Waals surface area contributed by atoms with Crippen molar-refractivity contribution in [2.75, 3.05) is 0 Å². The number of hydrogen-bond acceptors (Lipinski definition) is 2. The predicted molar refractivity (Wildman–Crippen MR) is 77.6 cm³/mol. The van der Waals surface area contributed by atoms with Gasteiger partial charge in [-0.05, 0) is 44.2 Å². The standard InChI is InChI=1S/C16H27NO/c1-11(2)10-13(4)18-16(14(5)17)15-9-7-6-8-12(15)3/h6-9,11,13-14,16H,10,17H2,1-5H3. The van der Waals surface area contributed by atoms with Crippen LogP contribution < -0.4 is 5.73 Å². The van der Waals surface area contributed by atoms with Gasteiger partial charge in [-0.25, -0.2) is 0 Å². The first-order chi connectivity index (χ1) is 8.41. The van der Waals surface area contributed by atoms with Gasteiger partial charge in [-0.3, -0.25) is 0 Å². The van der Waals surface area contributed by atoms with Crippen LogP contribution in [0.25, 0.3) is 0 Å². The summed E-state index contributed by atoms with van der Waals surface area (Å²) in [5, 5.41) is 0. The van der Waals surface area contributed by atoms with E-state index in [9.17, 15) is 0 Å². The molecule has 0 amide bonds. The van der Waals surface area contributed by atoms with Crippen LogP contribution in [0.1, 0.15) is 51.3 Å². The maximum atomic E-state index is 6.16. The topological polar surface area (TPSA) is 35.2 Å². The molecule has 0 spiro atoms. The molecule has 3 atom stereocenters. The molecule has 0 heterocycles. The molecule has 1 rings (SSSR count). The van der Waals surface area contributed by atoms with Gasteiger partial charge in [-0.2, -0.15) is 0 Å². The van der Waals surface area contributed by atoms with Crippen LogP contribution in [0.5, 0.6) is 0 Å². The van der Waals surface area contributed by atoms with Crippen molar-refractivity contribution < 1.29 is 4.74 Å². The molecule has 0 saturated carbocycles. The molecular weight excluding hydrogens is 222 g/mol. The zero-order chi connectivity index (χ0) is 13.7. The third-order valence-corrected chi connectivity index (χ3v) is 3.15. The summed E-state index contributed by atoms with van der Waals surface area (Å²) in [5.74, 6) is 0.644. The van der Waals surface area contributed by atoms with E-state index in [0.29, 0.717) is 5.92 Å². The SMILES string of the molecule is Cc1ccccc1C(OC(C)CC(C)C)C(C)N. The molecule has 0 radical (unpaired) electrons. The van der Waals surface area contributed by atoms with Crippen molar-refractivity contribution in [2.24, 2.45) is 11.7 Å². The monoisotopic (exact) mass is 249 g/mol. The quantitative estimate of drug-likeness (QED) is 0.831. The summed E-state index contributed by atoms with van der Waals surface area (Å²) >= 11 is 0. The second kappa shape index (κ2) is 6.91. The highest BCUT2D eigenvalue weighted by Gasteiger charge is 2.21. The second-order valence-corrected chi connectivity index (χ2v) is 5.71. The molecule has 0 aliphatic heterocycles. The van der Waals surface area contributed by atoms with Gasteiger partial charge in [0.2, 0.25) is 0 Å². The van der Waals surface area contributed by atoms with Crippen LogP contribution in [-0.4, -0.2) is 12.1 Å². The molecule has 18 heavy (non-hydrogen) atoms. The summed E-state index contributed by atoms with van der Waals surface area (Å²) in [4.78, 5) is 0. The minimum atomic E-state index is -0.0139. The lowest BCUT2D eigenvalue weighted by Gasteiger charge is -2.27. The lowest BCUT2D eigenvalue weighted by atomic mass is 9.98.